The lowest BCUT2D eigenvalue weighted by Crippen LogP contribution is -2.52. The number of carbonyl (C=O) groups excluding carboxylic acids is 1. The van der Waals surface area contributed by atoms with Crippen LogP contribution >= 0.6 is 0 Å². The zero-order chi connectivity index (χ0) is 15.6. The fraction of sp³-hybridized carbons (Fsp3) is 0.938. The van der Waals surface area contributed by atoms with Crippen LogP contribution in [0.15, 0.2) is 0 Å². The Morgan fingerprint density at radius 1 is 1.40 bits per heavy atom. The predicted molar refractivity (Wildman–Crippen MR) is 82.1 cm³/mol. The molecule has 1 fully saturated rings. The quantitative estimate of drug-likeness (QED) is 0.722. The topological polar surface area (TPSA) is 75.4 Å². The number of carbonyl (C=O) groups is 1. The van der Waals surface area contributed by atoms with Gasteiger partial charge in [0.25, 0.3) is 0 Å². The van der Waals surface area contributed by atoms with Gasteiger partial charge in [0.2, 0.25) is 5.91 Å². The summed E-state index contributed by atoms with van der Waals surface area (Å²) < 4.78 is 0. The van der Waals surface area contributed by atoms with Crippen molar-refractivity contribution >= 4 is 5.91 Å². The van der Waals surface area contributed by atoms with Crippen molar-refractivity contribution in [2.75, 3.05) is 13.2 Å². The molecular weight excluding hydrogens is 252 g/mol. The molecule has 4 nitrogen and oxygen atoms in total. The molecule has 0 aromatic heterocycles. The molecule has 3 unspecified atom stereocenters. The molecular formula is C16H32N2O2. The van der Waals surface area contributed by atoms with Crippen molar-refractivity contribution in [3.05, 3.63) is 0 Å². The Hall–Kier alpha value is -0.610. The summed E-state index contributed by atoms with van der Waals surface area (Å²) in [5.74, 6) is 0.513. The first-order valence-electron chi connectivity index (χ1n) is 7.76. The van der Waals surface area contributed by atoms with Crippen LogP contribution in [0.3, 0.4) is 0 Å². The van der Waals surface area contributed by atoms with Crippen LogP contribution in [0, 0.1) is 22.7 Å². The van der Waals surface area contributed by atoms with Crippen LogP contribution in [-0.4, -0.2) is 30.2 Å². The number of nitrogens with one attached hydrogen (secondary N) is 1. The van der Waals surface area contributed by atoms with E-state index in [9.17, 15) is 4.79 Å². The van der Waals surface area contributed by atoms with E-state index in [4.69, 9.17) is 10.8 Å². The highest BCUT2D eigenvalue weighted by atomic mass is 16.3. The number of rotatable bonds is 5. The monoisotopic (exact) mass is 284 g/mol. The summed E-state index contributed by atoms with van der Waals surface area (Å²) in [5, 5.41) is 12.1. The molecule has 0 spiro atoms. The SMILES string of the molecule is CC1C(N)CCC(C(=O)NCC(C)(C)CCO)C1(C)C. The molecule has 0 aromatic carbocycles. The number of hydrogen-bond acceptors (Lipinski definition) is 3. The van der Waals surface area contributed by atoms with E-state index in [1.165, 1.54) is 0 Å². The standard InChI is InChI=1S/C16H32N2O2/c1-11-13(17)7-6-12(16(11,4)5)14(20)18-10-15(2,3)8-9-19/h11-13,19H,6-10,17H2,1-5H3,(H,18,20). The Labute approximate surface area is 123 Å². The van der Waals surface area contributed by atoms with Gasteiger partial charge in [0.1, 0.15) is 0 Å². The molecule has 0 aliphatic heterocycles. The molecule has 4 heteroatoms. The van der Waals surface area contributed by atoms with Gasteiger partial charge in [0.05, 0.1) is 0 Å². The van der Waals surface area contributed by atoms with E-state index in [1.807, 2.05) is 0 Å². The Kier molecular flexibility index (Phi) is 5.61. The summed E-state index contributed by atoms with van der Waals surface area (Å²) in [7, 11) is 0. The zero-order valence-electron chi connectivity index (χ0n) is 13.7. The minimum atomic E-state index is -0.0666. The summed E-state index contributed by atoms with van der Waals surface area (Å²) in [5.41, 5.74) is 6.01. The van der Waals surface area contributed by atoms with Gasteiger partial charge in [-0.15, -0.1) is 0 Å². The Balaban J connectivity index is 2.63. The second-order valence-electron chi connectivity index (χ2n) is 7.76. The maximum Gasteiger partial charge on any atom is 0.223 e. The van der Waals surface area contributed by atoms with Crippen molar-refractivity contribution in [1.82, 2.24) is 5.32 Å². The highest BCUT2D eigenvalue weighted by Gasteiger charge is 2.45. The predicted octanol–water partition coefficient (Wildman–Crippen LogP) is 1.91. The molecule has 1 aliphatic carbocycles. The highest BCUT2D eigenvalue weighted by Crippen LogP contribution is 2.44. The number of aliphatic hydroxyl groups excluding tert-OH is 1. The van der Waals surface area contributed by atoms with Crippen molar-refractivity contribution < 1.29 is 9.90 Å². The Morgan fingerprint density at radius 3 is 2.55 bits per heavy atom. The third-order valence-corrected chi connectivity index (χ3v) is 5.35. The molecule has 0 saturated heterocycles. The largest absolute Gasteiger partial charge is 0.396 e. The highest BCUT2D eigenvalue weighted by molar-refractivity contribution is 5.79. The first-order chi connectivity index (χ1) is 9.12. The van der Waals surface area contributed by atoms with E-state index in [0.29, 0.717) is 18.9 Å². The molecule has 3 atom stereocenters. The lowest BCUT2D eigenvalue weighted by atomic mass is 9.61. The molecule has 20 heavy (non-hydrogen) atoms. The third-order valence-electron chi connectivity index (χ3n) is 5.35. The number of aliphatic hydroxyl groups is 1. The minimum absolute atomic E-state index is 0.0298. The lowest BCUT2D eigenvalue weighted by Gasteiger charge is -2.46. The smallest absolute Gasteiger partial charge is 0.223 e. The van der Waals surface area contributed by atoms with E-state index >= 15 is 0 Å². The maximum atomic E-state index is 12.5. The molecule has 1 aliphatic rings. The second-order valence-corrected chi connectivity index (χ2v) is 7.76. The van der Waals surface area contributed by atoms with Gasteiger partial charge in [-0.3, -0.25) is 4.79 Å². The molecule has 0 heterocycles. The molecule has 0 radical (unpaired) electrons. The van der Waals surface area contributed by atoms with E-state index in [0.717, 1.165) is 12.8 Å². The molecule has 1 saturated carbocycles. The first kappa shape index (κ1) is 17.4. The fourth-order valence-electron chi connectivity index (χ4n) is 3.16. The molecule has 4 N–H and O–H groups in total. The van der Waals surface area contributed by atoms with E-state index in [1.54, 1.807) is 0 Å². The van der Waals surface area contributed by atoms with E-state index < -0.39 is 0 Å². The Bertz CT molecular complexity index is 339. The minimum Gasteiger partial charge on any atom is -0.396 e. The molecule has 0 aromatic rings. The number of amides is 1. The molecule has 1 rings (SSSR count). The van der Waals surface area contributed by atoms with Gasteiger partial charge >= 0.3 is 0 Å². The second kappa shape index (κ2) is 6.44. The van der Waals surface area contributed by atoms with Gasteiger partial charge in [0.15, 0.2) is 0 Å². The van der Waals surface area contributed by atoms with Crippen LogP contribution in [0.1, 0.15) is 53.9 Å². The average Bonchev–Trinajstić information content (AvgIpc) is 2.33. The van der Waals surface area contributed by atoms with Gasteiger partial charge in [-0.05, 0) is 36.0 Å². The van der Waals surface area contributed by atoms with Crippen LogP contribution < -0.4 is 11.1 Å². The van der Waals surface area contributed by atoms with Gasteiger partial charge < -0.3 is 16.2 Å². The van der Waals surface area contributed by atoms with Gasteiger partial charge in [-0.2, -0.15) is 0 Å². The van der Waals surface area contributed by atoms with Crippen LogP contribution in [0.25, 0.3) is 0 Å². The average molecular weight is 284 g/mol. The van der Waals surface area contributed by atoms with Crippen molar-refractivity contribution in [2.45, 2.75) is 59.9 Å². The summed E-state index contributed by atoms with van der Waals surface area (Å²) in [6.45, 7) is 11.4. The van der Waals surface area contributed by atoms with Crippen molar-refractivity contribution in [3.63, 3.8) is 0 Å². The summed E-state index contributed by atoms with van der Waals surface area (Å²) in [6, 6.07) is 0.194. The van der Waals surface area contributed by atoms with Crippen molar-refractivity contribution in [1.29, 1.82) is 0 Å². The van der Waals surface area contributed by atoms with Gasteiger partial charge in [0, 0.05) is 25.1 Å². The third kappa shape index (κ3) is 3.95. The number of nitrogens with two attached hydrogens (primary N) is 1. The van der Waals surface area contributed by atoms with Crippen LogP contribution in [-0.2, 0) is 4.79 Å². The molecule has 1 amide bonds. The maximum absolute atomic E-state index is 12.5. The van der Waals surface area contributed by atoms with E-state index in [-0.39, 0.29) is 35.3 Å². The normalized spacial score (nSPS) is 30.1. The van der Waals surface area contributed by atoms with Crippen molar-refractivity contribution in [2.24, 2.45) is 28.4 Å². The fourth-order valence-corrected chi connectivity index (χ4v) is 3.16. The zero-order valence-corrected chi connectivity index (χ0v) is 13.7. The van der Waals surface area contributed by atoms with Gasteiger partial charge in [-0.25, -0.2) is 0 Å². The summed E-state index contributed by atoms with van der Waals surface area (Å²) >= 11 is 0. The Morgan fingerprint density at radius 2 is 2.00 bits per heavy atom. The van der Waals surface area contributed by atoms with Crippen LogP contribution in [0.5, 0.6) is 0 Å². The molecule has 118 valence electrons. The van der Waals surface area contributed by atoms with Crippen LogP contribution in [0.2, 0.25) is 0 Å². The first-order valence-corrected chi connectivity index (χ1v) is 7.76. The van der Waals surface area contributed by atoms with Gasteiger partial charge in [-0.1, -0.05) is 34.6 Å². The number of hydrogen-bond donors (Lipinski definition) is 3. The van der Waals surface area contributed by atoms with Crippen LogP contribution in [0.4, 0.5) is 0 Å². The summed E-state index contributed by atoms with van der Waals surface area (Å²) in [6.07, 6.45) is 2.48. The van der Waals surface area contributed by atoms with Crippen molar-refractivity contribution in [3.8, 4) is 0 Å². The summed E-state index contributed by atoms with van der Waals surface area (Å²) in [4.78, 5) is 12.5. The molecule has 0 bridgehead atoms. The van der Waals surface area contributed by atoms with E-state index in [2.05, 4.69) is 39.9 Å². The lowest BCUT2D eigenvalue weighted by molar-refractivity contribution is -0.133.